The molecule has 9 heteroatoms. The van der Waals surface area contributed by atoms with Crippen LogP contribution in [-0.4, -0.2) is 45.4 Å². The second-order valence-corrected chi connectivity index (χ2v) is 10.1. The molecular weight excluding hydrogens is 457 g/mol. The van der Waals surface area contributed by atoms with Gasteiger partial charge in [0.2, 0.25) is 10.0 Å². The highest BCUT2D eigenvalue weighted by Gasteiger charge is 2.27. The van der Waals surface area contributed by atoms with Crippen LogP contribution in [-0.2, 0) is 10.0 Å². The molecule has 0 aromatic heterocycles. The Bertz CT molecular complexity index is 1020. The Morgan fingerprint density at radius 3 is 2.42 bits per heavy atom. The van der Waals surface area contributed by atoms with Crippen molar-refractivity contribution >= 4 is 45.6 Å². The first-order valence-corrected chi connectivity index (χ1v) is 11.9. The first kappa shape index (κ1) is 25.6. The van der Waals surface area contributed by atoms with Crippen LogP contribution < -0.4 is 10.0 Å². The van der Waals surface area contributed by atoms with E-state index < -0.39 is 10.0 Å². The van der Waals surface area contributed by atoms with Crippen molar-refractivity contribution in [2.75, 3.05) is 25.5 Å². The zero-order valence-electron chi connectivity index (χ0n) is 17.9. The van der Waals surface area contributed by atoms with E-state index in [1.165, 1.54) is 18.2 Å². The number of rotatable bonds is 6. The van der Waals surface area contributed by atoms with Crippen molar-refractivity contribution in [1.29, 1.82) is 0 Å². The van der Waals surface area contributed by atoms with Crippen LogP contribution in [0, 0.1) is 12.8 Å². The SMILES string of the molecule is Cc1ccccc1C(=O)Nc1ccc(S(=O)(=O)NC(C)C2CCN(C)CC2)cc1Cl.Cl. The quantitative estimate of drug-likeness (QED) is 0.637. The normalized spacial score (nSPS) is 16.4. The van der Waals surface area contributed by atoms with Crippen LogP contribution in [0.25, 0.3) is 0 Å². The smallest absolute Gasteiger partial charge is 0.255 e. The molecule has 0 radical (unpaired) electrons. The number of aryl methyl sites for hydroxylation is 1. The lowest BCUT2D eigenvalue weighted by Crippen LogP contribution is -2.42. The molecule has 1 saturated heterocycles. The van der Waals surface area contributed by atoms with Crippen LogP contribution in [0.4, 0.5) is 5.69 Å². The lowest BCUT2D eigenvalue weighted by molar-refractivity contribution is 0.102. The first-order chi connectivity index (χ1) is 14.2. The highest BCUT2D eigenvalue weighted by molar-refractivity contribution is 7.89. The number of nitrogens with one attached hydrogen (secondary N) is 2. The Balaban J connectivity index is 0.00000341. The topological polar surface area (TPSA) is 78.5 Å². The molecule has 1 atom stereocenters. The lowest BCUT2D eigenvalue weighted by Gasteiger charge is -2.32. The average molecular weight is 486 g/mol. The molecule has 0 bridgehead atoms. The number of likely N-dealkylation sites (tertiary alicyclic amines) is 1. The fraction of sp³-hybridized carbons (Fsp3) is 0.409. The summed E-state index contributed by atoms with van der Waals surface area (Å²) in [6.45, 7) is 5.70. The van der Waals surface area contributed by atoms with Crippen molar-refractivity contribution in [2.24, 2.45) is 5.92 Å². The van der Waals surface area contributed by atoms with Gasteiger partial charge in [0.15, 0.2) is 0 Å². The van der Waals surface area contributed by atoms with E-state index >= 15 is 0 Å². The number of carbonyl (C=O) groups excluding carboxylic acids is 1. The van der Waals surface area contributed by atoms with Gasteiger partial charge < -0.3 is 10.2 Å². The second-order valence-electron chi connectivity index (χ2n) is 7.96. The summed E-state index contributed by atoms with van der Waals surface area (Å²) in [5.41, 5.74) is 1.75. The molecule has 170 valence electrons. The van der Waals surface area contributed by atoms with Crippen LogP contribution in [0.15, 0.2) is 47.4 Å². The van der Waals surface area contributed by atoms with Gasteiger partial charge in [-0.25, -0.2) is 13.1 Å². The summed E-state index contributed by atoms with van der Waals surface area (Å²) < 4.78 is 28.5. The fourth-order valence-electron chi connectivity index (χ4n) is 3.72. The van der Waals surface area contributed by atoms with Crippen molar-refractivity contribution < 1.29 is 13.2 Å². The largest absolute Gasteiger partial charge is 0.321 e. The first-order valence-electron chi connectivity index (χ1n) is 10.0. The van der Waals surface area contributed by atoms with Crippen LogP contribution in [0.2, 0.25) is 5.02 Å². The number of carbonyl (C=O) groups is 1. The molecule has 2 aromatic rings. The van der Waals surface area contributed by atoms with Crippen molar-refractivity contribution in [3.63, 3.8) is 0 Å². The highest BCUT2D eigenvalue weighted by atomic mass is 35.5. The van der Waals surface area contributed by atoms with Crippen LogP contribution in [0.5, 0.6) is 0 Å². The average Bonchev–Trinajstić information content (AvgIpc) is 2.69. The number of amides is 1. The van der Waals surface area contributed by atoms with Crippen LogP contribution in [0.1, 0.15) is 35.7 Å². The molecule has 1 amide bonds. The molecule has 1 heterocycles. The monoisotopic (exact) mass is 485 g/mol. The maximum atomic E-state index is 12.8. The Labute approximate surface area is 195 Å². The van der Waals surface area contributed by atoms with Gasteiger partial charge in [0.05, 0.1) is 15.6 Å². The van der Waals surface area contributed by atoms with Gasteiger partial charge in [0.25, 0.3) is 5.91 Å². The maximum absolute atomic E-state index is 12.8. The van der Waals surface area contributed by atoms with Gasteiger partial charge in [-0.2, -0.15) is 0 Å². The third kappa shape index (κ3) is 6.43. The van der Waals surface area contributed by atoms with Gasteiger partial charge >= 0.3 is 0 Å². The van der Waals surface area contributed by atoms with Crippen molar-refractivity contribution in [3.8, 4) is 0 Å². The van der Waals surface area contributed by atoms with E-state index in [1.807, 2.05) is 26.0 Å². The minimum atomic E-state index is -3.71. The molecule has 6 nitrogen and oxygen atoms in total. The number of hydrogen-bond donors (Lipinski definition) is 2. The molecule has 3 rings (SSSR count). The van der Waals surface area contributed by atoms with Gasteiger partial charge in [-0.15, -0.1) is 12.4 Å². The van der Waals surface area contributed by atoms with E-state index in [2.05, 4.69) is 22.0 Å². The molecule has 2 N–H and O–H groups in total. The van der Waals surface area contributed by atoms with E-state index in [9.17, 15) is 13.2 Å². The van der Waals surface area contributed by atoms with Crippen molar-refractivity contribution in [3.05, 3.63) is 58.6 Å². The number of sulfonamides is 1. The Morgan fingerprint density at radius 2 is 1.81 bits per heavy atom. The van der Waals surface area contributed by atoms with Gasteiger partial charge in [0.1, 0.15) is 0 Å². The van der Waals surface area contributed by atoms with E-state index in [4.69, 9.17) is 11.6 Å². The minimum absolute atomic E-state index is 0. The molecular formula is C22H29Cl2N3O3S. The number of halogens is 2. The zero-order valence-corrected chi connectivity index (χ0v) is 20.3. The van der Waals surface area contributed by atoms with Gasteiger partial charge in [-0.1, -0.05) is 29.8 Å². The van der Waals surface area contributed by atoms with Gasteiger partial charge in [0, 0.05) is 11.6 Å². The third-order valence-electron chi connectivity index (χ3n) is 5.70. The van der Waals surface area contributed by atoms with Crippen molar-refractivity contribution in [1.82, 2.24) is 9.62 Å². The van der Waals surface area contributed by atoms with Gasteiger partial charge in [-0.3, -0.25) is 4.79 Å². The summed E-state index contributed by atoms with van der Waals surface area (Å²) in [5.74, 6) is 0.0127. The molecule has 0 spiro atoms. The standard InChI is InChI=1S/C22H28ClN3O3S.ClH/c1-15-6-4-5-7-19(15)22(27)24-21-9-8-18(14-20(21)23)30(28,29)25-16(2)17-10-12-26(3)13-11-17;/h4-9,14,16-17,25H,10-13H2,1-3H3,(H,24,27);1H. The van der Waals surface area contributed by atoms with E-state index in [0.29, 0.717) is 17.2 Å². The van der Waals surface area contributed by atoms with E-state index in [0.717, 1.165) is 31.5 Å². The molecule has 31 heavy (non-hydrogen) atoms. The lowest BCUT2D eigenvalue weighted by atomic mass is 9.91. The summed E-state index contributed by atoms with van der Waals surface area (Å²) in [5, 5.41) is 2.92. The predicted molar refractivity (Wildman–Crippen MR) is 128 cm³/mol. The molecule has 0 aliphatic carbocycles. The molecule has 1 aliphatic rings. The number of nitrogens with zero attached hydrogens (tertiary/aromatic N) is 1. The number of benzene rings is 2. The summed E-state index contributed by atoms with van der Waals surface area (Å²) in [7, 11) is -1.63. The van der Waals surface area contributed by atoms with E-state index in [1.54, 1.807) is 12.1 Å². The molecule has 2 aromatic carbocycles. The fourth-order valence-corrected chi connectivity index (χ4v) is 5.35. The molecule has 1 unspecified atom stereocenters. The number of hydrogen-bond acceptors (Lipinski definition) is 4. The Kier molecular flexibility index (Phi) is 8.92. The summed E-state index contributed by atoms with van der Waals surface area (Å²) in [6, 6.07) is 11.4. The van der Waals surface area contributed by atoms with Crippen LogP contribution in [0.3, 0.4) is 0 Å². The summed E-state index contributed by atoms with van der Waals surface area (Å²) in [4.78, 5) is 14.8. The molecule has 0 saturated carbocycles. The molecule has 1 aliphatic heterocycles. The van der Waals surface area contributed by atoms with Crippen molar-refractivity contribution in [2.45, 2.75) is 37.6 Å². The third-order valence-corrected chi connectivity index (χ3v) is 7.57. The molecule has 1 fully saturated rings. The predicted octanol–water partition coefficient (Wildman–Crippen LogP) is 4.33. The Hall–Kier alpha value is -1.64. The Morgan fingerprint density at radius 1 is 1.16 bits per heavy atom. The summed E-state index contributed by atoms with van der Waals surface area (Å²) >= 11 is 6.30. The number of piperidine rings is 1. The zero-order chi connectivity index (χ0) is 21.9. The second kappa shape index (κ2) is 10.8. The highest BCUT2D eigenvalue weighted by Crippen LogP contribution is 2.27. The van der Waals surface area contributed by atoms with Gasteiger partial charge in [-0.05, 0) is 82.6 Å². The maximum Gasteiger partial charge on any atom is 0.255 e. The van der Waals surface area contributed by atoms with Crippen LogP contribution >= 0.6 is 24.0 Å². The number of anilines is 1. The van der Waals surface area contributed by atoms with E-state index in [-0.39, 0.29) is 34.3 Å². The minimum Gasteiger partial charge on any atom is -0.321 e. The summed E-state index contributed by atoms with van der Waals surface area (Å²) in [6.07, 6.45) is 1.93.